The van der Waals surface area contributed by atoms with E-state index >= 15 is 0 Å². The molecule has 0 fully saturated rings. The van der Waals surface area contributed by atoms with Crippen LogP contribution in [0.5, 0.6) is 5.75 Å². The summed E-state index contributed by atoms with van der Waals surface area (Å²) in [5.74, 6) is 1.24. The normalized spacial score (nSPS) is 11.1. The van der Waals surface area contributed by atoms with Crippen molar-refractivity contribution in [3.05, 3.63) is 18.0 Å². The second-order valence-corrected chi connectivity index (χ2v) is 6.21. The number of rotatable bonds is 12. The molecule has 0 unspecified atom stereocenters. The van der Waals surface area contributed by atoms with E-state index in [9.17, 15) is 0 Å². The summed E-state index contributed by atoms with van der Waals surface area (Å²) in [5.41, 5.74) is 8.05. The Morgan fingerprint density at radius 2 is 1.59 bits per heavy atom. The van der Waals surface area contributed by atoms with Crippen LogP contribution in [0.1, 0.15) is 89.7 Å². The first-order valence-corrected chi connectivity index (χ1v) is 9.02. The van der Waals surface area contributed by atoms with Crippen molar-refractivity contribution in [1.29, 1.82) is 0 Å². The van der Waals surface area contributed by atoms with Gasteiger partial charge in [0.1, 0.15) is 5.75 Å². The van der Waals surface area contributed by atoms with Crippen LogP contribution in [0.15, 0.2) is 12.3 Å². The molecule has 3 heteroatoms. The van der Waals surface area contributed by atoms with E-state index in [1.54, 1.807) is 7.11 Å². The summed E-state index contributed by atoms with van der Waals surface area (Å²) >= 11 is 0. The Kier molecular flexibility index (Phi) is 9.69. The van der Waals surface area contributed by atoms with Gasteiger partial charge in [0.2, 0.25) is 0 Å². The highest BCUT2D eigenvalue weighted by Gasteiger charge is 2.18. The zero-order valence-corrected chi connectivity index (χ0v) is 14.7. The van der Waals surface area contributed by atoms with Gasteiger partial charge in [0.15, 0.2) is 0 Å². The van der Waals surface area contributed by atoms with Crippen LogP contribution in [0.4, 0.5) is 5.69 Å². The summed E-state index contributed by atoms with van der Waals surface area (Å²) in [4.78, 5) is 4.58. The lowest BCUT2D eigenvalue weighted by Crippen LogP contribution is -2.07. The number of ether oxygens (including phenoxy) is 1. The van der Waals surface area contributed by atoms with E-state index in [4.69, 9.17) is 10.5 Å². The van der Waals surface area contributed by atoms with Gasteiger partial charge in [0.25, 0.3) is 0 Å². The van der Waals surface area contributed by atoms with Gasteiger partial charge in [-0.1, -0.05) is 65.2 Å². The molecular formula is C19H34N2O. The summed E-state index contributed by atoms with van der Waals surface area (Å²) < 4.78 is 5.36. The Hall–Kier alpha value is -1.25. The Balaban J connectivity index is 2.70. The van der Waals surface area contributed by atoms with Gasteiger partial charge in [-0.3, -0.25) is 4.98 Å². The third kappa shape index (κ3) is 6.25. The molecule has 0 saturated carbocycles. The Labute approximate surface area is 136 Å². The van der Waals surface area contributed by atoms with Gasteiger partial charge in [-0.05, 0) is 12.8 Å². The molecule has 0 amide bonds. The fourth-order valence-corrected chi connectivity index (χ4v) is 3.03. The molecule has 0 aliphatic rings. The van der Waals surface area contributed by atoms with E-state index < -0.39 is 0 Å². The zero-order valence-electron chi connectivity index (χ0n) is 14.7. The predicted octanol–water partition coefficient (Wildman–Crippen LogP) is 5.70. The highest BCUT2D eigenvalue weighted by molar-refractivity contribution is 5.56. The first-order chi connectivity index (χ1) is 10.7. The van der Waals surface area contributed by atoms with Crippen molar-refractivity contribution in [2.45, 2.75) is 84.0 Å². The van der Waals surface area contributed by atoms with Crippen LogP contribution in [0, 0.1) is 0 Å². The predicted molar refractivity (Wildman–Crippen MR) is 95.5 cm³/mol. The first kappa shape index (κ1) is 18.8. The fraction of sp³-hybridized carbons (Fsp3) is 0.737. The van der Waals surface area contributed by atoms with Crippen LogP contribution in [0.2, 0.25) is 0 Å². The second kappa shape index (κ2) is 11.3. The second-order valence-electron chi connectivity index (χ2n) is 6.21. The van der Waals surface area contributed by atoms with E-state index in [1.165, 1.54) is 64.2 Å². The van der Waals surface area contributed by atoms with Crippen LogP contribution in [-0.4, -0.2) is 12.1 Å². The minimum atomic E-state index is 0.476. The quantitative estimate of drug-likeness (QED) is 0.504. The van der Waals surface area contributed by atoms with Crippen LogP contribution >= 0.6 is 0 Å². The molecule has 3 nitrogen and oxygen atoms in total. The van der Waals surface area contributed by atoms with Crippen LogP contribution in [0.25, 0.3) is 0 Å². The number of nitrogens with zero attached hydrogens (tertiary/aromatic N) is 1. The molecule has 0 spiro atoms. The van der Waals surface area contributed by atoms with Crippen LogP contribution < -0.4 is 10.5 Å². The van der Waals surface area contributed by atoms with E-state index in [2.05, 4.69) is 18.8 Å². The maximum atomic E-state index is 6.27. The highest BCUT2D eigenvalue weighted by Crippen LogP contribution is 2.34. The number of pyridine rings is 1. The molecule has 0 aromatic carbocycles. The van der Waals surface area contributed by atoms with Crippen molar-refractivity contribution in [2.75, 3.05) is 12.8 Å². The van der Waals surface area contributed by atoms with Crippen molar-refractivity contribution in [1.82, 2.24) is 4.98 Å². The first-order valence-electron chi connectivity index (χ1n) is 9.02. The molecule has 0 saturated heterocycles. The van der Waals surface area contributed by atoms with E-state index in [0.717, 1.165) is 17.1 Å². The van der Waals surface area contributed by atoms with E-state index in [0.29, 0.717) is 5.92 Å². The van der Waals surface area contributed by atoms with Crippen molar-refractivity contribution in [3.63, 3.8) is 0 Å². The standard InChI is InChI=1S/C19H34N2O/c1-4-6-8-10-12-16(13-11-9-7-5-2)19-18(20)17(22-3)14-15-21-19/h14-16H,4-13,20H2,1-3H3. The summed E-state index contributed by atoms with van der Waals surface area (Å²) in [6, 6.07) is 1.85. The lowest BCUT2D eigenvalue weighted by atomic mass is 9.90. The van der Waals surface area contributed by atoms with Gasteiger partial charge < -0.3 is 10.5 Å². The minimum Gasteiger partial charge on any atom is -0.494 e. The van der Waals surface area contributed by atoms with Gasteiger partial charge in [-0.15, -0.1) is 0 Å². The molecule has 2 N–H and O–H groups in total. The number of aromatic nitrogens is 1. The average Bonchev–Trinajstić information content (AvgIpc) is 2.54. The molecule has 1 heterocycles. The van der Waals surface area contributed by atoms with Gasteiger partial charge >= 0.3 is 0 Å². The van der Waals surface area contributed by atoms with Crippen molar-refractivity contribution >= 4 is 5.69 Å². The Morgan fingerprint density at radius 3 is 2.09 bits per heavy atom. The number of hydrogen-bond acceptors (Lipinski definition) is 3. The van der Waals surface area contributed by atoms with Crippen molar-refractivity contribution < 1.29 is 4.74 Å². The molecular weight excluding hydrogens is 272 g/mol. The molecule has 0 aliphatic carbocycles. The Bertz CT molecular complexity index is 394. The lowest BCUT2D eigenvalue weighted by Gasteiger charge is -2.19. The molecule has 0 bridgehead atoms. The monoisotopic (exact) mass is 306 g/mol. The number of nitrogens with two attached hydrogens (primary N) is 1. The van der Waals surface area contributed by atoms with Gasteiger partial charge in [-0.25, -0.2) is 0 Å². The summed E-state index contributed by atoms with van der Waals surface area (Å²) in [7, 11) is 1.67. The number of methoxy groups -OCH3 is 1. The van der Waals surface area contributed by atoms with Crippen LogP contribution in [0.3, 0.4) is 0 Å². The van der Waals surface area contributed by atoms with Gasteiger partial charge in [0, 0.05) is 18.2 Å². The lowest BCUT2D eigenvalue weighted by molar-refractivity contribution is 0.414. The van der Waals surface area contributed by atoms with E-state index in [1.807, 2.05) is 12.3 Å². The molecule has 1 aromatic heterocycles. The molecule has 0 atom stereocenters. The van der Waals surface area contributed by atoms with Gasteiger partial charge in [0.05, 0.1) is 18.5 Å². The fourth-order valence-electron chi connectivity index (χ4n) is 3.03. The molecule has 22 heavy (non-hydrogen) atoms. The Morgan fingerprint density at radius 1 is 1.00 bits per heavy atom. The van der Waals surface area contributed by atoms with Crippen molar-refractivity contribution in [2.24, 2.45) is 0 Å². The topological polar surface area (TPSA) is 48.1 Å². The third-order valence-electron chi connectivity index (χ3n) is 4.40. The number of anilines is 1. The SMILES string of the molecule is CCCCCCC(CCCCCC)c1nccc(OC)c1N. The maximum absolute atomic E-state index is 6.27. The average molecular weight is 306 g/mol. The van der Waals surface area contributed by atoms with Crippen molar-refractivity contribution in [3.8, 4) is 5.75 Å². The van der Waals surface area contributed by atoms with Crippen LogP contribution in [-0.2, 0) is 0 Å². The number of hydrogen-bond donors (Lipinski definition) is 1. The highest BCUT2D eigenvalue weighted by atomic mass is 16.5. The zero-order chi connectivity index (χ0) is 16.2. The molecule has 0 radical (unpaired) electrons. The number of unbranched alkanes of at least 4 members (excludes halogenated alkanes) is 6. The maximum Gasteiger partial charge on any atom is 0.145 e. The third-order valence-corrected chi connectivity index (χ3v) is 4.40. The smallest absolute Gasteiger partial charge is 0.145 e. The van der Waals surface area contributed by atoms with Gasteiger partial charge in [-0.2, -0.15) is 0 Å². The summed E-state index contributed by atoms with van der Waals surface area (Å²) in [6.07, 6.45) is 14.6. The molecule has 1 rings (SSSR count). The largest absolute Gasteiger partial charge is 0.494 e. The number of nitrogen functional groups attached to an aromatic ring is 1. The van der Waals surface area contributed by atoms with E-state index in [-0.39, 0.29) is 0 Å². The minimum absolute atomic E-state index is 0.476. The summed E-state index contributed by atoms with van der Waals surface area (Å²) in [5, 5.41) is 0. The summed E-state index contributed by atoms with van der Waals surface area (Å²) in [6.45, 7) is 4.51. The molecule has 0 aliphatic heterocycles. The molecule has 1 aromatic rings. The molecule has 126 valence electrons.